The summed E-state index contributed by atoms with van der Waals surface area (Å²) in [5.41, 5.74) is 3.38. The fraction of sp³-hybridized carbons (Fsp3) is 0.300. The van der Waals surface area contributed by atoms with E-state index in [-0.39, 0.29) is 17.7 Å². The molecule has 0 saturated heterocycles. The van der Waals surface area contributed by atoms with Gasteiger partial charge in [0, 0.05) is 0 Å². The fourth-order valence-corrected chi connectivity index (χ4v) is 4.13. The quantitative estimate of drug-likeness (QED) is 0.646. The van der Waals surface area contributed by atoms with Crippen molar-refractivity contribution in [3.8, 4) is 11.4 Å². The van der Waals surface area contributed by atoms with Crippen LogP contribution in [0.15, 0.2) is 53.7 Å². The van der Waals surface area contributed by atoms with Crippen molar-refractivity contribution in [3.05, 3.63) is 59.7 Å². The Kier molecular flexibility index (Phi) is 5.57. The Bertz CT molecular complexity index is 957. The molecule has 0 aliphatic heterocycles. The van der Waals surface area contributed by atoms with Gasteiger partial charge in [-0.25, -0.2) is 0 Å². The molecule has 0 saturated carbocycles. The van der Waals surface area contributed by atoms with Gasteiger partial charge in [0.15, 0.2) is 0 Å². The van der Waals surface area contributed by atoms with E-state index in [0.29, 0.717) is 5.16 Å². The van der Waals surface area contributed by atoms with E-state index >= 15 is 0 Å². The lowest BCUT2D eigenvalue weighted by atomic mass is 9.88. The highest BCUT2D eigenvalue weighted by atomic mass is 32.2. The van der Waals surface area contributed by atoms with E-state index in [1.165, 1.54) is 22.9 Å². The van der Waals surface area contributed by atoms with Gasteiger partial charge in [-0.1, -0.05) is 36.0 Å². The SMILES string of the molecule is COc1ccc(-n2nnnc2SCC(=O)N[C@@H]2CCCc3ccccc32)cc1. The maximum Gasteiger partial charge on any atom is 0.230 e. The molecule has 28 heavy (non-hydrogen) atoms. The number of aromatic nitrogens is 4. The van der Waals surface area contributed by atoms with Crippen LogP contribution in [0.3, 0.4) is 0 Å². The molecule has 1 aliphatic rings. The largest absolute Gasteiger partial charge is 0.497 e. The molecule has 1 amide bonds. The Morgan fingerprint density at radius 2 is 2.07 bits per heavy atom. The van der Waals surface area contributed by atoms with Crippen molar-refractivity contribution in [2.24, 2.45) is 0 Å². The molecule has 1 aromatic heterocycles. The van der Waals surface area contributed by atoms with Gasteiger partial charge in [-0.15, -0.1) is 5.10 Å². The second kappa shape index (κ2) is 8.43. The first-order valence-corrected chi connectivity index (χ1v) is 10.2. The zero-order valence-electron chi connectivity index (χ0n) is 15.5. The third kappa shape index (κ3) is 4.01. The summed E-state index contributed by atoms with van der Waals surface area (Å²) < 4.78 is 6.79. The Morgan fingerprint density at radius 3 is 2.89 bits per heavy atom. The number of nitrogens with one attached hydrogen (secondary N) is 1. The van der Waals surface area contributed by atoms with Crippen LogP contribution in [0.5, 0.6) is 5.75 Å². The summed E-state index contributed by atoms with van der Waals surface area (Å²) in [4.78, 5) is 12.5. The maximum absolute atomic E-state index is 12.5. The summed E-state index contributed by atoms with van der Waals surface area (Å²) in [6.45, 7) is 0. The number of hydrogen-bond acceptors (Lipinski definition) is 6. The molecule has 7 nitrogen and oxygen atoms in total. The molecule has 1 atom stereocenters. The Balaban J connectivity index is 1.39. The molecule has 1 heterocycles. The molecule has 4 rings (SSSR count). The maximum atomic E-state index is 12.5. The van der Waals surface area contributed by atoms with Crippen LogP contribution in [0.25, 0.3) is 5.69 Å². The lowest BCUT2D eigenvalue weighted by Crippen LogP contribution is -2.32. The summed E-state index contributed by atoms with van der Waals surface area (Å²) >= 11 is 1.32. The number of carbonyl (C=O) groups is 1. The number of rotatable bonds is 6. The second-order valence-corrected chi connectivity index (χ2v) is 7.51. The molecule has 144 valence electrons. The van der Waals surface area contributed by atoms with Gasteiger partial charge >= 0.3 is 0 Å². The van der Waals surface area contributed by atoms with E-state index in [9.17, 15) is 4.79 Å². The molecule has 3 aromatic rings. The second-order valence-electron chi connectivity index (χ2n) is 6.57. The number of hydrogen-bond donors (Lipinski definition) is 1. The fourth-order valence-electron chi connectivity index (χ4n) is 3.42. The predicted octanol–water partition coefficient (Wildman–Crippen LogP) is 2.96. The summed E-state index contributed by atoms with van der Waals surface area (Å²) in [6, 6.07) is 15.9. The van der Waals surface area contributed by atoms with Crippen molar-refractivity contribution in [1.82, 2.24) is 25.5 Å². The van der Waals surface area contributed by atoms with Gasteiger partial charge in [-0.3, -0.25) is 4.79 Å². The summed E-state index contributed by atoms with van der Waals surface area (Å²) in [7, 11) is 1.62. The number of nitrogens with zero attached hydrogens (tertiary/aromatic N) is 4. The standard InChI is InChI=1S/C20H21N5O2S/c1-27-16-11-9-15(10-12-16)25-20(22-23-24-25)28-13-19(26)21-18-8-4-6-14-5-2-3-7-17(14)18/h2-3,5,7,9-12,18H,4,6,8,13H2,1H3,(H,21,26)/t18-/m1/s1. The minimum Gasteiger partial charge on any atom is -0.497 e. The Labute approximate surface area is 167 Å². The molecule has 0 radical (unpaired) electrons. The predicted molar refractivity (Wildman–Crippen MR) is 107 cm³/mol. The van der Waals surface area contributed by atoms with Crippen molar-refractivity contribution >= 4 is 17.7 Å². The smallest absolute Gasteiger partial charge is 0.230 e. The highest BCUT2D eigenvalue weighted by Gasteiger charge is 2.21. The summed E-state index contributed by atoms with van der Waals surface area (Å²) in [6.07, 6.45) is 3.13. The van der Waals surface area contributed by atoms with E-state index in [1.807, 2.05) is 30.3 Å². The van der Waals surface area contributed by atoms with Gasteiger partial charge in [0.05, 0.1) is 24.6 Å². The van der Waals surface area contributed by atoms with Crippen LogP contribution in [-0.2, 0) is 11.2 Å². The highest BCUT2D eigenvalue weighted by molar-refractivity contribution is 7.99. The first kappa shape index (κ1) is 18.5. The van der Waals surface area contributed by atoms with Crippen molar-refractivity contribution in [1.29, 1.82) is 0 Å². The van der Waals surface area contributed by atoms with E-state index in [0.717, 1.165) is 30.7 Å². The number of fused-ring (bicyclic) bond motifs is 1. The molecule has 1 N–H and O–H groups in total. The number of aryl methyl sites for hydroxylation is 1. The first-order chi connectivity index (χ1) is 13.7. The van der Waals surface area contributed by atoms with E-state index < -0.39 is 0 Å². The Morgan fingerprint density at radius 1 is 1.25 bits per heavy atom. The van der Waals surface area contributed by atoms with Gasteiger partial charge in [0.1, 0.15) is 5.75 Å². The van der Waals surface area contributed by atoms with Gasteiger partial charge in [0.2, 0.25) is 11.1 Å². The number of amides is 1. The lowest BCUT2D eigenvalue weighted by Gasteiger charge is -2.26. The van der Waals surface area contributed by atoms with Crippen LogP contribution in [-0.4, -0.2) is 39.0 Å². The molecule has 0 spiro atoms. The molecule has 2 aromatic carbocycles. The van der Waals surface area contributed by atoms with Crippen LogP contribution in [0.4, 0.5) is 0 Å². The van der Waals surface area contributed by atoms with E-state index in [2.05, 4.69) is 39.0 Å². The van der Waals surface area contributed by atoms with Crippen LogP contribution in [0.2, 0.25) is 0 Å². The van der Waals surface area contributed by atoms with Crippen LogP contribution in [0.1, 0.15) is 30.0 Å². The van der Waals surface area contributed by atoms with E-state index in [1.54, 1.807) is 11.8 Å². The van der Waals surface area contributed by atoms with Crippen molar-refractivity contribution in [2.45, 2.75) is 30.5 Å². The number of carbonyl (C=O) groups excluding carboxylic acids is 1. The average Bonchev–Trinajstić information content (AvgIpc) is 3.21. The topological polar surface area (TPSA) is 81.9 Å². The normalized spacial score (nSPS) is 15.7. The van der Waals surface area contributed by atoms with Gasteiger partial charge in [0.25, 0.3) is 0 Å². The van der Waals surface area contributed by atoms with Gasteiger partial charge in [-0.2, -0.15) is 4.68 Å². The third-order valence-corrected chi connectivity index (χ3v) is 5.71. The molecule has 0 bridgehead atoms. The summed E-state index contributed by atoms with van der Waals surface area (Å²) in [5, 5.41) is 15.5. The zero-order valence-corrected chi connectivity index (χ0v) is 16.4. The minimum absolute atomic E-state index is 0.0176. The number of methoxy groups -OCH3 is 1. The minimum atomic E-state index is -0.0176. The van der Waals surface area contributed by atoms with Crippen LogP contribution < -0.4 is 10.1 Å². The number of tetrazole rings is 1. The lowest BCUT2D eigenvalue weighted by molar-refractivity contribution is -0.119. The molecule has 1 aliphatic carbocycles. The van der Waals surface area contributed by atoms with Crippen molar-refractivity contribution in [3.63, 3.8) is 0 Å². The van der Waals surface area contributed by atoms with Gasteiger partial charge < -0.3 is 10.1 Å². The number of benzene rings is 2. The molecular formula is C20H21N5O2S. The highest BCUT2D eigenvalue weighted by Crippen LogP contribution is 2.29. The van der Waals surface area contributed by atoms with Crippen molar-refractivity contribution < 1.29 is 9.53 Å². The molecule has 0 fully saturated rings. The number of ether oxygens (including phenoxy) is 1. The first-order valence-electron chi connectivity index (χ1n) is 9.17. The zero-order chi connectivity index (χ0) is 19.3. The van der Waals surface area contributed by atoms with Gasteiger partial charge in [-0.05, 0) is 65.1 Å². The van der Waals surface area contributed by atoms with E-state index in [4.69, 9.17) is 4.74 Å². The molecular weight excluding hydrogens is 374 g/mol. The average molecular weight is 395 g/mol. The number of thioether (sulfide) groups is 1. The van der Waals surface area contributed by atoms with Crippen molar-refractivity contribution in [2.75, 3.05) is 12.9 Å². The van der Waals surface area contributed by atoms with Crippen LogP contribution >= 0.6 is 11.8 Å². The third-order valence-electron chi connectivity index (χ3n) is 4.79. The Hall–Kier alpha value is -2.87. The molecule has 0 unspecified atom stereocenters. The van der Waals surface area contributed by atoms with Crippen LogP contribution in [0, 0.1) is 0 Å². The molecule has 8 heteroatoms. The summed E-state index contributed by atoms with van der Waals surface area (Å²) in [5.74, 6) is 1.00. The monoisotopic (exact) mass is 395 g/mol.